The normalized spacial score (nSPS) is 20.4. The standard InChI is InChI=1S/C23H22N4O2/c1-15-13-16(2)27(25-15)19-9-7-17(8-10-19)14-26-21(28)23(24-22(26)29)12-11-18-5-3-4-6-20(18)23/h3-10,13H,11-12,14H2,1-2H3,(H,24,29). The predicted octanol–water partition coefficient (Wildman–Crippen LogP) is 3.38. The van der Waals surface area contributed by atoms with E-state index in [4.69, 9.17) is 0 Å². The molecule has 1 aliphatic heterocycles. The number of fused-ring (bicyclic) bond motifs is 2. The predicted molar refractivity (Wildman–Crippen MR) is 109 cm³/mol. The van der Waals surface area contributed by atoms with Gasteiger partial charge in [0.15, 0.2) is 0 Å². The molecule has 1 unspecified atom stereocenters. The smallest absolute Gasteiger partial charge is 0.319 e. The zero-order chi connectivity index (χ0) is 20.2. The molecule has 1 aromatic heterocycles. The van der Waals surface area contributed by atoms with Crippen molar-refractivity contribution in [1.29, 1.82) is 0 Å². The number of amides is 3. The zero-order valence-electron chi connectivity index (χ0n) is 16.5. The molecule has 0 bridgehead atoms. The first-order chi connectivity index (χ1) is 14.0. The molecule has 2 heterocycles. The second-order valence-corrected chi connectivity index (χ2v) is 7.89. The number of benzene rings is 2. The molecule has 6 heteroatoms. The molecule has 146 valence electrons. The maximum Gasteiger partial charge on any atom is 0.325 e. The van der Waals surface area contributed by atoms with Crippen molar-refractivity contribution < 1.29 is 9.59 Å². The molecule has 3 aromatic rings. The second kappa shape index (κ2) is 6.30. The summed E-state index contributed by atoms with van der Waals surface area (Å²) in [6, 6.07) is 17.4. The van der Waals surface area contributed by atoms with Crippen LogP contribution in [0.3, 0.4) is 0 Å². The monoisotopic (exact) mass is 386 g/mol. The summed E-state index contributed by atoms with van der Waals surface area (Å²) < 4.78 is 1.89. The highest BCUT2D eigenvalue weighted by Crippen LogP contribution is 2.41. The molecule has 1 fully saturated rings. The quantitative estimate of drug-likeness (QED) is 0.702. The van der Waals surface area contributed by atoms with Gasteiger partial charge in [-0.25, -0.2) is 9.48 Å². The van der Waals surface area contributed by atoms with Crippen molar-refractivity contribution in [3.05, 3.63) is 82.7 Å². The van der Waals surface area contributed by atoms with E-state index in [9.17, 15) is 9.59 Å². The summed E-state index contributed by atoms with van der Waals surface area (Å²) in [4.78, 5) is 27.3. The number of hydrogen-bond acceptors (Lipinski definition) is 3. The van der Waals surface area contributed by atoms with Gasteiger partial charge in [-0.3, -0.25) is 9.69 Å². The van der Waals surface area contributed by atoms with Crippen LogP contribution in [0.15, 0.2) is 54.6 Å². The minimum atomic E-state index is -0.905. The van der Waals surface area contributed by atoms with Gasteiger partial charge in [0, 0.05) is 5.69 Å². The number of imide groups is 1. The van der Waals surface area contributed by atoms with E-state index in [-0.39, 0.29) is 18.5 Å². The van der Waals surface area contributed by atoms with E-state index in [0.29, 0.717) is 6.42 Å². The largest absolute Gasteiger partial charge is 0.325 e. The molecule has 2 aromatic carbocycles. The number of carbonyl (C=O) groups excluding carboxylic acids is 2. The fourth-order valence-corrected chi connectivity index (χ4v) is 4.55. The highest BCUT2D eigenvalue weighted by atomic mass is 16.2. The summed E-state index contributed by atoms with van der Waals surface area (Å²) in [5.74, 6) is -0.157. The van der Waals surface area contributed by atoms with Gasteiger partial charge in [-0.15, -0.1) is 0 Å². The van der Waals surface area contributed by atoms with Crippen LogP contribution in [0.5, 0.6) is 0 Å². The lowest BCUT2D eigenvalue weighted by molar-refractivity contribution is -0.132. The molecule has 29 heavy (non-hydrogen) atoms. The number of aryl methyl sites for hydroxylation is 3. The summed E-state index contributed by atoms with van der Waals surface area (Å²) in [5, 5.41) is 7.47. The van der Waals surface area contributed by atoms with E-state index < -0.39 is 5.54 Å². The van der Waals surface area contributed by atoms with Crippen LogP contribution in [0.2, 0.25) is 0 Å². The van der Waals surface area contributed by atoms with Crippen LogP contribution >= 0.6 is 0 Å². The Morgan fingerprint density at radius 1 is 1.07 bits per heavy atom. The number of nitrogens with one attached hydrogen (secondary N) is 1. The summed E-state index contributed by atoms with van der Waals surface area (Å²) in [6.07, 6.45) is 1.41. The van der Waals surface area contributed by atoms with Crippen molar-refractivity contribution in [2.24, 2.45) is 0 Å². The Bertz CT molecular complexity index is 1130. The summed E-state index contributed by atoms with van der Waals surface area (Å²) in [7, 11) is 0. The average Bonchev–Trinajstić information content (AvgIpc) is 3.33. The van der Waals surface area contributed by atoms with Crippen LogP contribution in [0.25, 0.3) is 5.69 Å². The van der Waals surface area contributed by atoms with Crippen LogP contribution < -0.4 is 5.32 Å². The molecule has 1 spiro atoms. The Kier molecular flexibility index (Phi) is 3.84. The van der Waals surface area contributed by atoms with Crippen LogP contribution in [0.4, 0.5) is 4.79 Å². The molecule has 5 rings (SSSR count). The lowest BCUT2D eigenvalue weighted by atomic mass is 9.92. The summed E-state index contributed by atoms with van der Waals surface area (Å²) in [5.41, 5.74) is 5.05. The lowest BCUT2D eigenvalue weighted by Crippen LogP contribution is -2.41. The molecule has 1 saturated heterocycles. The highest BCUT2D eigenvalue weighted by molar-refractivity contribution is 6.08. The Hall–Kier alpha value is -3.41. The first-order valence-electron chi connectivity index (χ1n) is 9.83. The third-order valence-corrected chi connectivity index (χ3v) is 5.95. The molecule has 0 radical (unpaired) electrons. The van der Waals surface area contributed by atoms with Gasteiger partial charge in [0.05, 0.1) is 17.9 Å². The van der Waals surface area contributed by atoms with Crippen LogP contribution in [0, 0.1) is 13.8 Å². The van der Waals surface area contributed by atoms with Crippen LogP contribution in [-0.4, -0.2) is 26.6 Å². The third-order valence-electron chi connectivity index (χ3n) is 5.95. The summed E-state index contributed by atoms with van der Waals surface area (Å²) in [6.45, 7) is 4.23. The van der Waals surface area contributed by atoms with Gasteiger partial charge in [0.2, 0.25) is 0 Å². The molecule has 1 aliphatic carbocycles. The van der Waals surface area contributed by atoms with E-state index in [1.165, 1.54) is 4.90 Å². The zero-order valence-corrected chi connectivity index (χ0v) is 16.5. The summed E-state index contributed by atoms with van der Waals surface area (Å²) >= 11 is 0. The van der Waals surface area contributed by atoms with E-state index in [1.807, 2.05) is 73.1 Å². The number of aromatic nitrogens is 2. The van der Waals surface area contributed by atoms with Crippen molar-refractivity contribution >= 4 is 11.9 Å². The van der Waals surface area contributed by atoms with E-state index in [0.717, 1.165) is 40.2 Å². The molecule has 6 nitrogen and oxygen atoms in total. The fraction of sp³-hybridized carbons (Fsp3) is 0.261. The van der Waals surface area contributed by atoms with Crippen molar-refractivity contribution in [1.82, 2.24) is 20.0 Å². The maximum atomic E-state index is 13.3. The van der Waals surface area contributed by atoms with Crippen molar-refractivity contribution in [2.75, 3.05) is 0 Å². The Morgan fingerprint density at radius 3 is 2.55 bits per heavy atom. The minimum Gasteiger partial charge on any atom is -0.319 e. The van der Waals surface area contributed by atoms with Crippen molar-refractivity contribution in [3.63, 3.8) is 0 Å². The van der Waals surface area contributed by atoms with E-state index >= 15 is 0 Å². The van der Waals surface area contributed by atoms with Gasteiger partial charge in [-0.2, -0.15) is 5.10 Å². The van der Waals surface area contributed by atoms with Crippen LogP contribution in [0.1, 0.15) is 34.5 Å². The Balaban J connectivity index is 1.39. The maximum absolute atomic E-state index is 13.3. The van der Waals surface area contributed by atoms with E-state index in [1.54, 1.807) is 0 Å². The molecule has 1 atom stereocenters. The van der Waals surface area contributed by atoms with Gasteiger partial charge in [-0.1, -0.05) is 36.4 Å². The topological polar surface area (TPSA) is 67.2 Å². The van der Waals surface area contributed by atoms with Gasteiger partial charge >= 0.3 is 6.03 Å². The average molecular weight is 386 g/mol. The van der Waals surface area contributed by atoms with Crippen molar-refractivity contribution in [3.8, 4) is 5.69 Å². The van der Waals surface area contributed by atoms with Crippen molar-refractivity contribution in [2.45, 2.75) is 38.8 Å². The molecule has 0 saturated carbocycles. The molecule has 3 amide bonds. The van der Waals surface area contributed by atoms with E-state index in [2.05, 4.69) is 10.4 Å². The lowest BCUT2D eigenvalue weighted by Gasteiger charge is -2.22. The number of urea groups is 1. The van der Waals surface area contributed by atoms with Crippen LogP contribution in [-0.2, 0) is 23.3 Å². The number of rotatable bonds is 3. The first kappa shape index (κ1) is 17.7. The highest BCUT2D eigenvalue weighted by Gasteiger charge is 2.55. The van der Waals surface area contributed by atoms with Gasteiger partial charge in [0.25, 0.3) is 5.91 Å². The fourth-order valence-electron chi connectivity index (χ4n) is 4.55. The van der Waals surface area contributed by atoms with Gasteiger partial charge < -0.3 is 5.32 Å². The van der Waals surface area contributed by atoms with Gasteiger partial charge in [-0.05, 0) is 61.6 Å². The molecular weight excluding hydrogens is 364 g/mol. The number of nitrogens with zero attached hydrogens (tertiary/aromatic N) is 3. The molecule has 1 N–H and O–H groups in total. The minimum absolute atomic E-state index is 0.157. The third kappa shape index (κ3) is 2.67. The molecule has 2 aliphatic rings. The number of carbonyl (C=O) groups is 2. The first-order valence-corrected chi connectivity index (χ1v) is 9.83. The van der Waals surface area contributed by atoms with Gasteiger partial charge in [0.1, 0.15) is 5.54 Å². The second-order valence-electron chi connectivity index (χ2n) is 7.89. The molecular formula is C23H22N4O2. The SMILES string of the molecule is Cc1cc(C)n(-c2ccc(CN3C(=O)NC4(CCc5ccccc54)C3=O)cc2)n1. The number of hydrogen-bond donors (Lipinski definition) is 1. The Labute approximate surface area is 169 Å². The Morgan fingerprint density at radius 2 is 1.83 bits per heavy atom.